The first-order chi connectivity index (χ1) is 8.30. The van der Waals surface area contributed by atoms with Crippen molar-refractivity contribution in [3.63, 3.8) is 0 Å². The summed E-state index contributed by atoms with van der Waals surface area (Å²) in [5.41, 5.74) is 0. The molecule has 1 atom stereocenters. The lowest BCUT2D eigenvalue weighted by Crippen LogP contribution is -2.23. The molecule has 0 radical (unpaired) electrons. The summed E-state index contributed by atoms with van der Waals surface area (Å²) in [7, 11) is 0. The Labute approximate surface area is 104 Å². The van der Waals surface area contributed by atoms with Crippen LogP contribution in [0.2, 0.25) is 0 Å². The Hall–Kier alpha value is -0.830. The predicted octanol–water partition coefficient (Wildman–Crippen LogP) is 3.24. The summed E-state index contributed by atoms with van der Waals surface area (Å²) in [6.45, 7) is 2.77. The van der Waals surface area contributed by atoms with E-state index in [1.807, 2.05) is 6.08 Å². The molecular weight excluding hydrogens is 216 g/mol. The van der Waals surface area contributed by atoms with Gasteiger partial charge in [-0.25, -0.2) is 4.79 Å². The van der Waals surface area contributed by atoms with Crippen molar-refractivity contribution in [2.75, 3.05) is 13.2 Å². The molecule has 0 bridgehead atoms. The van der Waals surface area contributed by atoms with E-state index >= 15 is 0 Å². The van der Waals surface area contributed by atoms with Crippen LogP contribution in [0.4, 0.5) is 0 Å². The van der Waals surface area contributed by atoms with Gasteiger partial charge in [-0.1, -0.05) is 37.8 Å². The highest BCUT2D eigenvalue weighted by Crippen LogP contribution is 2.08. The minimum absolute atomic E-state index is 0.242. The first-order valence-electron chi connectivity index (χ1n) is 6.74. The molecular formula is C14H24O3. The van der Waals surface area contributed by atoms with Gasteiger partial charge >= 0.3 is 5.97 Å². The number of cyclic esters (lactones) is 1. The average molecular weight is 240 g/mol. The molecule has 0 fully saturated rings. The summed E-state index contributed by atoms with van der Waals surface area (Å²) < 4.78 is 10.5. The lowest BCUT2D eigenvalue weighted by atomic mass is 10.1. The Morgan fingerprint density at radius 1 is 1.06 bits per heavy atom. The zero-order valence-corrected chi connectivity index (χ0v) is 10.8. The second kappa shape index (κ2) is 9.23. The minimum atomic E-state index is -0.454. The van der Waals surface area contributed by atoms with Gasteiger partial charge in [0.1, 0.15) is 0 Å². The van der Waals surface area contributed by atoms with Crippen molar-refractivity contribution in [1.29, 1.82) is 0 Å². The summed E-state index contributed by atoms with van der Waals surface area (Å²) >= 11 is 0. The summed E-state index contributed by atoms with van der Waals surface area (Å²) in [6, 6.07) is 0. The highest BCUT2D eigenvalue weighted by Gasteiger charge is 2.13. The maximum atomic E-state index is 11.5. The Morgan fingerprint density at radius 2 is 1.76 bits per heavy atom. The van der Waals surface area contributed by atoms with Gasteiger partial charge in [0.05, 0.1) is 13.2 Å². The van der Waals surface area contributed by atoms with Gasteiger partial charge in [-0.15, -0.1) is 0 Å². The third kappa shape index (κ3) is 7.16. The first-order valence-corrected chi connectivity index (χ1v) is 6.74. The molecule has 3 nitrogen and oxygen atoms in total. The molecule has 0 spiro atoms. The second-order valence-corrected chi connectivity index (χ2v) is 4.52. The van der Waals surface area contributed by atoms with Crippen molar-refractivity contribution < 1.29 is 14.3 Å². The van der Waals surface area contributed by atoms with Crippen LogP contribution in [0.5, 0.6) is 0 Å². The van der Waals surface area contributed by atoms with Crippen LogP contribution in [0.15, 0.2) is 12.2 Å². The van der Waals surface area contributed by atoms with Gasteiger partial charge in [-0.05, 0) is 26.2 Å². The lowest BCUT2D eigenvalue weighted by Gasteiger charge is -2.11. The number of rotatable bonds is 0. The van der Waals surface area contributed by atoms with Gasteiger partial charge in [0, 0.05) is 0 Å². The number of hydrogen-bond donors (Lipinski definition) is 0. The van der Waals surface area contributed by atoms with Crippen molar-refractivity contribution >= 4 is 5.97 Å². The highest BCUT2D eigenvalue weighted by molar-refractivity contribution is 5.74. The number of carbonyl (C=O) groups excluding carboxylic acids is 1. The zero-order valence-electron chi connectivity index (χ0n) is 10.8. The van der Waals surface area contributed by atoms with Gasteiger partial charge in [-0.3, -0.25) is 0 Å². The third-order valence-corrected chi connectivity index (χ3v) is 2.95. The molecule has 0 aromatic heterocycles. The van der Waals surface area contributed by atoms with Crippen LogP contribution in [0, 0.1) is 0 Å². The molecule has 1 aliphatic heterocycles. The SMILES string of the molecule is CC1OCC=CCCCCCCCCOC1=O. The zero-order chi connectivity index (χ0) is 12.3. The fraction of sp³-hybridized carbons (Fsp3) is 0.786. The lowest BCUT2D eigenvalue weighted by molar-refractivity contribution is -0.155. The van der Waals surface area contributed by atoms with Crippen LogP contribution in [0.25, 0.3) is 0 Å². The minimum Gasteiger partial charge on any atom is -0.464 e. The summed E-state index contributed by atoms with van der Waals surface area (Å²) in [6.07, 6.45) is 12.0. The molecule has 1 heterocycles. The van der Waals surface area contributed by atoms with E-state index in [4.69, 9.17) is 9.47 Å². The maximum Gasteiger partial charge on any atom is 0.334 e. The molecule has 0 saturated carbocycles. The fourth-order valence-corrected chi connectivity index (χ4v) is 1.82. The van der Waals surface area contributed by atoms with E-state index < -0.39 is 6.10 Å². The van der Waals surface area contributed by atoms with E-state index in [0.29, 0.717) is 13.2 Å². The monoisotopic (exact) mass is 240 g/mol. The van der Waals surface area contributed by atoms with E-state index in [0.717, 1.165) is 19.3 Å². The molecule has 0 aromatic rings. The Kier molecular flexibility index (Phi) is 7.72. The molecule has 0 aromatic carbocycles. The van der Waals surface area contributed by atoms with Crippen LogP contribution >= 0.6 is 0 Å². The third-order valence-electron chi connectivity index (χ3n) is 2.95. The van der Waals surface area contributed by atoms with Gasteiger partial charge in [-0.2, -0.15) is 0 Å². The summed E-state index contributed by atoms with van der Waals surface area (Å²) in [5, 5.41) is 0. The Balaban J connectivity index is 2.31. The second-order valence-electron chi connectivity index (χ2n) is 4.52. The molecule has 0 N–H and O–H groups in total. The van der Waals surface area contributed by atoms with Crippen molar-refractivity contribution in [3.05, 3.63) is 12.2 Å². The van der Waals surface area contributed by atoms with Gasteiger partial charge in [0.15, 0.2) is 6.10 Å². The topological polar surface area (TPSA) is 35.5 Å². The smallest absolute Gasteiger partial charge is 0.334 e. The van der Waals surface area contributed by atoms with E-state index in [-0.39, 0.29) is 5.97 Å². The maximum absolute atomic E-state index is 11.5. The Morgan fingerprint density at radius 3 is 2.59 bits per heavy atom. The standard InChI is InChI=1S/C14H24O3/c1-13-14(15)17-12-10-8-6-4-2-3-5-7-9-11-16-13/h7,9,13H,2-6,8,10-12H2,1H3. The van der Waals surface area contributed by atoms with Crippen LogP contribution in [-0.4, -0.2) is 25.3 Å². The number of carbonyl (C=O) groups is 1. The molecule has 1 unspecified atom stereocenters. The van der Waals surface area contributed by atoms with Crippen LogP contribution < -0.4 is 0 Å². The summed E-state index contributed by atoms with van der Waals surface area (Å²) in [4.78, 5) is 11.5. The number of esters is 1. The first kappa shape index (κ1) is 14.2. The molecule has 0 amide bonds. The van der Waals surface area contributed by atoms with Crippen LogP contribution in [0.3, 0.4) is 0 Å². The largest absolute Gasteiger partial charge is 0.464 e. The molecule has 1 rings (SSSR count). The quantitative estimate of drug-likeness (QED) is 0.481. The molecule has 3 heteroatoms. The molecule has 1 aliphatic rings. The van der Waals surface area contributed by atoms with E-state index in [9.17, 15) is 4.79 Å². The summed E-state index contributed by atoms with van der Waals surface area (Å²) in [5.74, 6) is -0.242. The van der Waals surface area contributed by atoms with Gasteiger partial charge < -0.3 is 9.47 Å². The van der Waals surface area contributed by atoms with Crippen molar-refractivity contribution in [2.24, 2.45) is 0 Å². The number of ether oxygens (including phenoxy) is 2. The molecule has 0 saturated heterocycles. The fourth-order valence-electron chi connectivity index (χ4n) is 1.82. The van der Waals surface area contributed by atoms with E-state index in [1.54, 1.807) is 6.92 Å². The van der Waals surface area contributed by atoms with Crippen LogP contribution in [-0.2, 0) is 14.3 Å². The molecule has 98 valence electrons. The van der Waals surface area contributed by atoms with Crippen molar-refractivity contribution in [1.82, 2.24) is 0 Å². The number of allylic oxidation sites excluding steroid dienone is 1. The van der Waals surface area contributed by atoms with Crippen LogP contribution in [0.1, 0.15) is 51.9 Å². The van der Waals surface area contributed by atoms with Crippen molar-refractivity contribution in [3.8, 4) is 0 Å². The number of hydrogen-bond acceptors (Lipinski definition) is 3. The Bertz CT molecular complexity index is 236. The van der Waals surface area contributed by atoms with Gasteiger partial charge in [0.2, 0.25) is 0 Å². The predicted molar refractivity (Wildman–Crippen MR) is 67.8 cm³/mol. The van der Waals surface area contributed by atoms with E-state index in [2.05, 4.69) is 6.08 Å². The molecule has 0 aliphatic carbocycles. The van der Waals surface area contributed by atoms with Gasteiger partial charge in [0.25, 0.3) is 0 Å². The highest BCUT2D eigenvalue weighted by atomic mass is 16.6. The average Bonchev–Trinajstić information content (AvgIpc) is 2.34. The van der Waals surface area contributed by atoms with E-state index in [1.165, 1.54) is 25.7 Å². The van der Waals surface area contributed by atoms with Crippen molar-refractivity contribution in [2.45, 2.75) is 58.0 Å². The normalized spacial score (nSPS) is 25.7. The molecule has 17 heavy (non-hydrogen) atoms.